The lowest BCUT2D eigenvalue weighted by molar-refractivity contribution is 0.204. The Hall–Kier alpha value is -0.340. The molecular formula is C15H28N2. The molecule has 1 saturated heterocycles. The molecule has 1 aliphatic carbocycles. The third-order valence-electron chi connectivity index (χ3n) is 4.25. The predicted molar refractivity (Wildman–Crippen MR) is 74.2 cm³/mol. The summed E-state index contributed by atoms with van der Waals surface area (Å²) in [5, 5.41) is 0. The van der Waals surface area contributed by atoms with E-state index >= 15 is 0 Å². The highest BCUT2D eigenvalue weighted by molar-refractivity contribution is 4.91. The van der Waals surface area contributed by atoms with Crippen LogP contribution in [0, 0.1) is 5.92 Å². The summed E-state index contributed by atoms with van der Waals surface area (Å²) >= 11 is 0. The van der Waals surface area contributed by atoms with Crippen molar-refractivity contribution in [2.45, 2.75) is 45.6 Å². The average Bonchev–Trinajstić information content (AvgIpc) is 2.56. The van der Waals surface area contributed by atoms with Gasteiger partial charge in [0, 0.05) is 25.7 Å². The van der Waals surface area contributed by atoms with Gasteiger partial charge in [-0.15, -0.1) is 0 Å². The van der Waals surface area contributed by atoms with Gasteiger partial charge in [0.2, 0.25) is 0 Å². The van der Waals surface area contributed by atoms with E-state index in [1.54, 1.807) is 0 Å². The van der Waals surface area contributed by atoms with E-state index in [1.807, 2.05) is 0 Å². The van der Waals surface area contributed by atoms with E-state index in [0.29, 0.717) is 6.04 Å². The summed E-state index contributed by atoms with van der Waals surface area (Å²) in [5.41, 5.74) is 0. The standard InChI is InChI=1S/C15H28N2/c1-14(2)17-10-6-9-16(11-12-17)13-15-7-4-3-5-8-15/h3-4,14-15H,5-13H2,1-2H3. The normalized spacial score (nSPS) is 28.5. The summed E-state index contributed by atoms with van der Waals surface area (Å²) in [6.45, 7) is 11.1. The lowest BCUT2D eigenvalue weighted by Gasteiger charge is -2.28. The van der Waals surface area contributed by atoms with Crippen molar-refractivity contribution >= 4 is 0 Å². The molecular weight excluding hydrogens is 208 g/mol. The Morgan fingerprint density at radius 2 is 2.00 bits per heavy atom. The van der Waals surface area contributed by atoms with Gasteiger partial charge in [0.1, 0.15) is 0 Å². The van der Waals surface area contributed by atoms with Crippen molar-refractivity contribution in [3.63, 3.8) is 0 Å². The summed E-state index contributed by atoms with van der Waals surface area (Å²) in [6.07, 6.45) is 10.1. The second-order valence-electron chi connectivity index (χ2n) is 5.93. The molecule has 0 aromatic rings. The van der Waals surface area contributed by atoms with Crippen LogP contribution in [-0.2, 0) is 0 Å². The molecule has 1 unspecified atom stereocenters. The van der Waals surface area contributed by atoms with Crippen molar-refractivity contribution in [3.8, 4) is 0 Å². The summed E-state index contributed by atoms with van der Waals surface area (Å²) in [4.78, 5) is 5.33. The second-order valence-corrected chi connectivity index (χ2v) is 5.93. The van der Waals surface area contributed by atoms with E-state index < -0.39 is 0 Å². The number of hydrogen-bond donors (Lipinski definition) is 0. The number of nitrogens with zero attached hydrogens (tertiary/aromatic N) is 2. The number of rotatable bonds is 3. The van der Waals surface area contributed by atoms with Gasteiger partial charge in [-0.05, 0) is 58.5 Å². The molecule has 1 fully saturated rings. The van der Waals surface area contributed by atoms with Crippen LogP contribution < -0.4 is 0 Å². The summed E-state index contributed by atoms with van der Waals surface area (Å²) in [6, 6.07) is 0.715. The highest BCUT2D eigenvalue weighted by Gasteiger charge is 2.19. The van der Waals surface area contributed by atoms with E-state index in [2.05, 4.69) is 35.8 Å². The van der Waals surface area contributed by atoms with E-state index in [0.717, 1.165) is 5.92 Å². The summed E-state index contributed by atoms with van der Waals surface area (Å²) in [7, 11) is 0. The molecule has 0 N–H and O–H groups in total. The predicted octanol–water partition coefficient (Wildman–Crippen LogP) is 2.76. The SMILES string of the molecule is CC(C)N1CCCN(CC2CC=CCC2)CC1. The van der Waals surface area contributed by atoms with Crippen LogP contribution in [0.25, 0.3) is 0 Å². The van der Waals surface area contributed by atoms with Gasteiger partial charge in [0.05, 0.1) is 0 Å². The molecule has 2 nitrogen and oxygen atoms in total. The van der Waals surface area contributed by atoms with Crippen LogP contribution >= 0.6 is 0 Å². The fourth-order valence-electron chi connectivity index (χ4n) is 3.08. The Morgan fingerprint density at radius 1 is 1.12 bits per heavy atom. The van der Waals surface area contributed by atoms with Gasteiger partial charge >= 0.3 is 0 Å². The molecule has 0 spiro atoms. The first-order valence-electron chi connectivity index (χ1n) is 7.37. The van der Waals surface area contributed by atoms with Crippen LogP contribution in [0.1, 0.15) is 39.5 Å². The Kier molecular flexibility index (Phi) is 5.05. The second kappa shape index (κ2) is 6.55. The molecule has 0 aromatic carbocycles. The van der Waals surface area contributed by atoms with Crippen molar-refractivity contribution in [2.75, 3.05) is 32.7 Å². The molecule has 0 radical (unpaired) electrons. The maximum absolute atomic E-state index is 2.70. The molecule has 1 heterocycles. The van der Waals surface area contributed by atoms with Crippen molar-refractivity contribution in [2.24, 2.45) is 5.92 Å². The van der Waals surface area contributed by atoms with E-state index in [-0.39, 0.29) is 0 Å². The minimum atomic E-state index is 0.715. The molecule has 98 valence electrons. The van der Waals surface area contributed by atoms with Crippen molar-refractivity contribution in [3.05, 3.63) is 12.2 Å². The zero-order chi connectivity index (χ0) is 12.1. The molecule has 2 rings (SSSR count). The fraction of sp³-hybridized carbons (Fsp3) is 0.867. The van der Waals surface area contributed by atoms with Crippen molar-refractivity contribution in [1.82, 2.24) is 9.80 Å². The zero-order valence-corrected chi connectivity index (χ0v) is 11.6. The molecule has 0 amide bonds. The Balaban J connectivity index is 1.76. The van der Waals surface area contributed by atoms with E-state index in [4.69, 9.17) is 0 Å². The molecule has 2 heteroatoms. The lowest BCUT2D eigenvalue weighted by Crippen LogP contribution is -2.36. The Labute approximate surface area is 107 Å². The van der Waals surface area contributed by atoms with Crippen LogP contribution in [0.4, 0.5) is 0 Å². The third-order valence-corrected chi connectivity index (χ3v) is 4.25. The summed E-state index contributed by atoms with van der Waals surface area (Å²) in [5.74, 6) is 0.922. The van der Waals surface area contributed by atoms with Crippen molar-refractivity contribution < 1.29 is 0 Å². The van der Waals surface area contributed by atoms with Gasteiger partial charge in [0.15, 0.2) is 0 Å². The first kappa shape index (κ1) is 13.1. The van der Waals surface area contributed by atoms with Crippen LogP contribution in [-0.4, -0.2) is 48.6 Å². The van der Waals surface area contributed by atoms with Crippen LogP contribution in [0.2, 0.25) is 0 Å². The Morgan fingerprint density at radius 3 is 2.71 bits per heavy atom. The smallest absolute Gasteiger partial charge is 0.0112 e. The largest absolute Gasteiger partial charge is 0.302 e. The fourth-order valence-corrected chi connectivity index (χ4v) is 3.08. The molecule has 0 saturated carbocycles. The first-order chi connectivity index (χ1) is 8.25. The molecule has 1 atom stereocenters. The van der Waals surface area contributed by atoms with Crippen LogP contribution in [0.3, 0.4) is 0 Å². The van der Waals surface area contributed by atoms with Crippen LogP contribution in [0.5, 0.6) is 0 Å². The lowest BCUT2D eigenvalue weighted by atomic mass is 9.94. The maximum atomic E-state index is 2.70. The number of allylic oxidation sites excluding steroid dienone is 2. The third kappa shape index (κ3) is 4.11. The van der Waals surface area contributed by atoms with Crippen molar-refractivity contribution in [1.29, 1.82) is 0 Å². The number of hydrogen-bond acceptors (Lipinski definition) is 2. The topological polar surface area (TPSA) is 6.48 Å². The highest BCUT2D eigenvalue weighted by Crippen LogP contribution is 2.20. The van der Waals surface area contributed by atoms with Gasteiger partial charge in [-0.3, -0.25) is 4.90 Å². The molecule has 17 heavy (non-hydrogen) atoms. The minimum absolute atomic E-state index is 0.715. The Bertz CT molecular complexity index is 247. The van der Waals surface area contributed by atoms with Gasteiger partial charge in [-0.2, -0.15) is 0 Å². The summed E-state index contributed by atoms with van der Waals surface area (Å²) < 4.78 is 0. The molecule has 2 aliphatic rings. The van der Waals surface area contributed by atoms with E-state index in [1.165, 1.54) is 58.4 Å². The zero-order valence-electron chi connectivity index (χ0n) is 11.6. The van der Waals surface area contributed by atoms with Gasteiger partial charge in [-0.1, -0.05) is 12.2 Å². The van der Waals surface area contributed by atoms with Gasteiger partial charge in [-0.25, -0.2) is 0 Å². The monoisotopic (exact) mass is 236 g/mol. The van der Waals surface area contributed by atoms with Gasteiger partial charge in [0.25, 0.3) is 0 Å². The molecule has 1 aliphatic heterocycles. The average molecular weight is 236 g/mol. The van der Waals surface area contributed by atoms with Gasteiger partial charge < -0.3 is 4.90 Å². The van der Waals surface area contributed by atoms with Crippen LogP contribution in [0.15, 0.2) is 12.2 Å². The quantitative estimate of drug-likeness (QED) is 0.695. The highest BCUT2D eigenvalue weighted by atomic mass is 15.2. The minimum Gasteiger partial charge on any atom is -0.302 e. The maximum Gasteiger partial charge on any atom is 0.0112 e. The molecule has 0 bridgehead atoms. The first-order valence-corrected chi connectivity index (χ1v) is 7.37. The van der Waals surface area contributed by atoms with E-state index in [9.17, 15) is 0 Å². The molecule has 0 aromatic heterocycles.